The first kappa shape index (κ1) is 12.5. The summed E-state index contributed by atoms with van der Waals surface area (Å²) in [4.78, 5) is 20.0. The number of aliphatic imine (C=N–C) groups is 2. The van der Waals surface area contributed by atoms with Crippen LogP contribution in [-0.4, -0.2) is 29.0 Å². The Balaban J connectivity index is 2.19. The molecule has 3 rings (SSSR count). The number of nitrogens with zero attached hydrogens (tertiary/aromatic N) is 2. The topological polar surface area (TPSA) is 62.0 Å². The first-order valence-corrected chi connectivity index (χ1v) is 6.11. The molecule has 0 radical (unpaired) electrons. The predicted molar refractivity (Wildman–Crippen MR) is 73.6 cm³/mol. The van der Waals surface area contributed by atoms with Crippen LogP contribution in [0.4, 0.5) is 4.39 Å². The Labute approximate surface area is 114 Å². The van der Waals surface area contributed by atoms with Crippen molar-refractivity contribution in [2.45, 2.75) is 13.0 Å². The molecule has 0 spiro atoms. The van der Waals surface area contributed by atoms with Gasteiger partial charge in [0, 0.05) is 11.8 Å². The molecule has 2 aliphatic rings. The van der Waals surface area contributed by atoms with E-state index in [1.807, 2.05) is 13.0 Å². The Kier molecular flexibility index (Phi) is 2.82. The molecule has 1 aromatic rings. The van der Waals surface area contributed by atoms with Gasteiger partial charge in [0.2, 0.25) is 0 Å². The van der Waals surface area contributed by atoms with Crippen LogP contribution < -0.4 is 0 Å². The van der Waals surface area contributed by atoms with E-state index < -0.39 is 17.8 Å². The van der Waals surface area contributed by atoms with Crippen LogP contribution in [0.2, 0.25) is 0 Å². The van der Waals surface area contributed by atoms with Gasteiger partial charge in [0.1, 0.15) is 17.4 Å². The molecule has 1 atom stereocenters. The van der Waals surface area contributed by atoms with Crippen molar-refractivity contribution >= 4 is 17.9 Å². The minimum Gasteiger partial charge on any atom is -0.478 e. The van der Waals surface area contributed by atoms with Gasteiger partial charge in [0.05, 0.1) is 11.4 Å². The Morgan fingerprint density at radius 1 is 1.35 bits per heavy atom. The summed E-state index contributed by atoms with van der Waals surface area (Å²) >= 11 is 0. The van der Waals surface area contributed by atoms with Gasteiger partial charge in [-0.1, -0.05) is 12.1 Å². The van der Waals surface area contributed by atoms with E-state index in [2.05, 4.69) is 9.98 Å². The first-order chi connectivity index (χ1) is 9.58. The number of carboxylic acid groups (broad SMARTS) is 1. The molecule has 0 saturated heterocycles. The van der Waals surface area contributed by atoms with E-state index >= 15 is 0 Å². The standard InChI is InChI=1S/C15H11FN2O2/c1-8-6-11-14(17-7-8)12(15(19)20)13(18-11)9-4-2-3-5-10(9)16/h2-7,11H,1H3,(H,19,20). The molecule has 1 N–H and O–H groups in total. The van der Waals surface area contributed by atoms with Gasteiger partial charge < -0.3 is 5.11 Å². The monoisotopic (exact) mass is 270 g/mol. The number of aliphatic carboxylic acids is 1. The van der Waals surface area contributed by atoms with Gasteiger partial charge in [-0.05, 0) is 30.7 Å². The Hall–Kier alpha value is -2.56. The van der Waals surface area contributed by atoms with Gasteiger partial charge in [-0.2, -0.15) is 0 Å². The predicted octanol–water partition coefficient (Wildman–Crippen LogP) is 2.37. The number of allylic oxidation sites excluding steroid dienone is 1. The molecule has 5 heteroatoms. The van der Waals surface area contributed by atoms with Gasteiger partial charge >= 0.3 is 5.97 Å². The van der Waals surface area contributed by atoms with Gasteiger partial charge in [-0.15, -0.1) is 0 Å². The Bertz CT molecular complexity index is 729. The number of benzene rings is 1. The quantitative estimate of drug-likeness (QED) is 0.896. The second-order valence-electron chi connectivity index (χ2n) is 4.64. The Morgan fingerprint density at radius 3 is 2.80 bits per heavy atom. The SMILES string of the molecule is CC1=CC2N=C(c3ccccc3F)C(C(=O)O)=C2N=C1. The van der Waals surface area contributed by atoms with Gasteiger partial charge in [0.15, 0.2) is 0 Å². The summed E-state index contributed by atoms with van der Waals surface area (Å²) in [7, 11) is 0. The number of dihydropyridines is 1. The number of hydrogen-bond donors (Lipinski definition) is 1. The highest BCUT2D eigenvalue weighted by atomic mass is 19.1. The number of hydrogen-bond acceptors (Lipinski definition) is 3. The molecule has 4 nitrogen and oxygen atoms in total. The fourth-order valence-corrected chi connectivity index (χ4v) is 2.32. The van der Waals surface area contributed by atoms with Crippen LogP contribution in [0.15, 0.2) is 57.2 Å². The average molecular weight is 270 g/mol. The van der Waals surface area contributed by atoms with Crippen LogP contribution in [-0.2, 0) is 4.79 Å². The number of carbonyl (C=O) groups is 1. The van der Waals surface area contributed by atoms with Crippen LogP contribution in [0.5, 0.6) is 0 Å². The fraction of sp³-hybridized carbons (Fsp3) is 0.133. The third kappa shape index (κ3) is 1.87. The summed E-state index contributed by atoms with van der Waals surface area (Å²) in [5.74, 6) is -1.64. The number of fused-ring (bicyclic) bond motifs is 1. The van der Waals surface area contributed by atoms with E-state index in [1.54, 1.807) is 18.3 Å². The molecule has 100 valence electrons. The summed E-state index contributed by atoms with van der Waals surface area (Å²) in [6, 6.07) is 5.57. The number of rotatable bonds is 2. The van der Waals surface area contributed by atoms with Crippen molar-refractivity contribution in [1.82, 2.24) is 0 Å². The largest absolute Gasteiger partial charge is 0.478 e. The number of halogens is 1. The lowest BCUT2D eigenvalue weighted by molar-refractivity contribution is -0.132. The number of carboxylic acids is 1. The summed E-state index contributed by atoms with van der Waals surface area (Å²) in [6.07, 6.45) is 3.41. The average Bonchev–Trinajstić information content (AvgIpc) is 2.77. The molecule has 2 aliphatic heterocycles. The highest BCUT2D eigenvalue weighted by Crippen LogP contribution is 2.31. The first-order valence-electron chi connectivity index (χ1n) is 6.11. The van der Waals surface area contributed by atoms with Crippen molar-refractivity contribution in [3.05, 3.63) is 58.6 Å². The van der Waals surface area contributed by atoms with Gasteiger partial charge in [-0.3, -0.25) is 9.98 Å². The normalized spacial score (nSPS) is 20.6. The molecule has 2 heterocycles. The van der Waals surface area contributed by atoms with Crippen molar-refractivity contribution in [1.29, 1.82) is 0 Å². The van der Waals surface area contributed by atoms with Gasteiger partial charge in [0.25, 0.3) is 0 Å². The van der Waals surface area contributed by atoms with Crippen LogP contribution in [0.1, 0.15) is 12.5 Å². The molecular formula is C15H11FN2O2. The second-order valence-corrected chi connectivity index (χ2v) is 4.64. The zero-order chi connectivity index (χ0) is 14.3. The minimum atomic E-state index is -1.14. The molecule has 0 aromatic heterocycles. The molecule has 20 heavy (non-hydrogen) atoms. The molecule has 0 fully saturated rings. The lowest BCUT2D eigenvalue weighted by Crippen LogP contribution is -2.14. The molecule has 0 amide bonds. The molecule has 1 unspecified atom stereocenters. The van der Waals surface area contributed by atoms with E-state index in [9.17, 15) is 14.3 Å². The van der Waals surface area contributed by atoms with Crippen LogP contribution >= 0.6 is 0 Å². The maximum Gasteiger partial charge on any atom is 0.339 e. The zero-order valence-electron chi connectivity index (χ0n) is 10.7. The lowest BCUT2D eigenvalue weighted by Gasteiger charge is -2.09. The van der Waals surface area contributed by atoms with Crippen molar-refractivity contribution in [2.24, 2.45) is 9.98 Å². The summed E-state index contributed by atoms with van der Waals surface area (Å²) in [6.45, 7) is 1.86. The molecular weight excluding hydrogens is 259 g/mol. The zero-order valence-corrected chi connectivity index (χ0v) is 10.7. The van der Waals surface area contributed by atoms with E-state index in [4.69, 9.17) is 0 Å². The van der Waals surface area contributed by atoms with Crippen molar-refractivity contribution in [2.75, 3.05) is 0 Å². The van der Waals surface area contributed by atoms with E-state index in [0.717, 1.165) is 5.57 Å². The van der Waals surface area contributed by atoms with E-state index in [0.29, 0.717) is 5.70 Å². The van der Waals surface area contributed by atoms with Crippen LogP contribution in [0.25, 0.3) is 0 Å². The maximum atomic E-state index is 13.9. The van der Waals surface area contributed by atoms with Crippen LogP contribution in [0, 0.1) is 5.82 Å². The third-order valence-corrected chi connectivity index (χ3v) is 3.21. The highest BCUT2D eigenvalue weighted by molar-refractivity contribution is 6.28. The second kappa shape index (κ2) is 4.52. The summed E-state index contributed by atoms with van der Waals surface area (Å²) in [5, 5.41) is 9.38. The van der Waals surface area contributed by atoms with Crippen molar-refractivity contribution < 1.29 is 14.3 Å². The lowest BCUT2D eigenvalue weighted by atomic mass is 10.00. The highest BCUT2D eigenvalue weighted by Gasteiger charge is 2.34. The molecule has 0 bridgehead atoms. The molecule has 0 aliphatic carbocycles. The maximum absolute atomic E-state index is 13.9. The summed E-state index contributed by atoms with van der Waals surface area (Å²) < 4.78 is 13.9. The Morgan fingerprint density at radius 2 is 2.10 bits per heavy atom. The fourth-order valence-electron chi connectivity index (χ4n) is 2.32. The third-order valence-electron chi connectivity index (χ3n) is 3.21. The smallest absolute Gasteiger partial charge is 0.339 e. The summed E-state index contributed by atoms with van der Waals surface area (Å²) in [5.41, 5.74) is 1.58. The van der Waals surface area contributed by atoms with Gasteiger partial charge in [-0.25, -0.2) is 9.18 Å². The molecule has 0 saturated carbocycles. The molecule has 1 aromatic carbocycles. The van der Waals surface area contributed by atoms with Crippen LogP contribution in [0.3, 0.4) is 0 Å². The van der Waals surface area contributed by atoms with Crippen molar-refractivity contribution in [3.8, 4) is 0 Å². The minimum absolute atomic E-state index is 0.0277. The van der Waals surface area contributed by atoms with E-state index in [-0.39, 0.29) is 16.8 Å². The van der Waals surface area contributed by atoms with E-state index in [1.165, 1.54) is 12.1 Å². The van der Waals surface area contributed by atoms with Crippen molar-refractivity contribution in [3.63, 3.8) is 0 Å².